The average molecular weight is 588 g/mol. The lowest BCUT2D eigenvalue weighted by Gasteiger charge is -2.26. The van der Waals surface area contributed by atoms with E-state index in [1.54, 1.807) is 25.7 Å². The van der Waals surface area contributed by atoms with E-state index in [2.05, 4.69) is 15.7 Å². The zero-order valence-corrected chi connectivity index (χ0v) is 24.0. The molecule has 0 saturated heterocycles. The normalized spacial score (nSPS) is 16.0. The van der Waals surface area contributed by atoms with Crippen LogP contribution in [0, 0.1) is 11.3 Å². The number of aromatic nitrogens is 2. The third-order valence-electron chi connectivity index (χ3n) is 6.59. The van der Waals surface area contributed by atoms with Gasteiger partial charge in [0.1, 0.15) is 11.8 Å². The number of nitriles is 1. The highest BCUT2D eigenvalue weighted by atomic mass is 35.5. The Balaban J connectivity index is 0.00000441. The van der Waals surface area contributed by atoms with Crippen LogP contribution in [0.1, 0.15) is 18.2 Å². The lowest BCUT2D eigenvalue weighted by atomic mass is 10.1. The number of carbonyl (C=O) groups excluding carboxylic acids is 3. The first-order valence-corrected chi connectivity index (χ1v) is 14.2. The number of amides is 3. The van der Waals surface area contributed by atoms with Gasteiger partial charge in [-0.25, -0.2) is 8.42 Å². The number of hydrogen-bond acceptors (Lipinski definition) is 8. The fourth-order valence-corrected chi connectivity index (χ4v) is 5.10. The Morgan fingerprint density at radius 1 is 1.20 bits per heavy atom. The van der Waals surface area contributed by atoms with Crippen LogP contribution in [-0.4, -0.2) is 73.6 Å². The van der Waals surface area contributed by atoms with Gasteiger partial charge in [0.2, 0.25) is 11.8 Å². The first-order chi connectivity index (χ1) is 18.4. The first kappa shape index (κ1) is 30.6. The summed E-state index contributed by atoms with van der Waals surface area (Å²) in [6.45, 7) is 1.30. The average Bonchev–Trinajstić information content (AvgIpc) is 3.16. The van der Waals surface area contributed by atoms with Crippen LogP contribution in [0.25, 0.3) is 10.9 Å². The summed E-state index contributed by atoms with van der Waals surface area (Å²) in [4.78, 5) is 42.7. The van der Waals surface area contributed by atoms with Gasteiger partial charge in [0.05, 0.1) is 53.3 Å². The number of fused-ring (bicyclic) bond motifs is 2. The minimum Gasteiger partial charge on any atom is -0.341 e. The van der Waals surface area contributed by atoms with Gasteiger partial charge in [0.15, 0.2) is 9.84 Å². The highest BCUT2D eigenvalue weighted by Crippen LogP contribution is 2.36. The number of benzene rings is 2. The Bertz CT molecular complexity index is 1620. The molecule has 1 aliphatic rings. The largest absolute Gasteiger partial charge is 0.341 e. The van der Waals surface area contributed by atoms with Crippen LogP contribution in [0.5, 0.6) is 0 Å². The fourth-order valence-electron chi connectivity index (χ4n) is 4.50. The van der Waals surface area contributed by atoms with E-state index in [0.717, 1.165) is 22.1 Å². The van der Waals surface area contributed by atoms with Crippen LogP contribution in [-0.2, 0) is 37.8 Å². The van der Waals surface area contributed by atoms with Crippen LogP contribution in [0.4, 0.5) is 11.4 Å². The Hall–Kier alpha value is -3.99. The van der Waals surface area contributed by atoms with E-state index in [1.165, 1.54) is 23.1 Å². The number of hydrogen-bond donors (Lipinski definition) is 2. The molecular weight excluding hydrogens is 558 g/mol. The maximum Gasteiger partial charge on any atom is 0.251 e. The van der Waals surface area contributed by atoms with Crippen molar-refractivity contribution >= 4 is 62.2 Å². The second kappa shape index (κ2) is 12.0. The van der Waals surface area contributed by atoms with Crippen molar-refractivity contribution in [3.8, 4) is 6.07 Å². The summed E-state index contributed by atoms with van der Waals surface area (Å²) in [6.07, 6.45) is 0.937. The van der Waals surface area contributed by atoms with E-state index in [4.69, 9.17) is 0 Å². The summed E-state index contributed by atoms with van der Waals surface area (Å²) in [6, 6.07) is 12.2. The number of rotatable bonds is 7. The number of aryl methyl sites for hydroxylation is 1. The van der Waals surface area contributed by atoms with Crippen molar-refractivity contribution in [2.75, 3.05) is 35.4 Å². The fraction of sp³-hybridized carbons (Fsp3) is 0.346. The summed E-state index contributed by atoms with van der Waals surface area (Å²) in [5.41, 5.74) is 2.13. The van der Waals surface area contributed by atoms with Crippen LogP contribution in [0.2, 0.25) is 0 Å². The molecule has 0 spiro atoms. The standard InChI is InChI=1S/C26H29N7O5S.ClH/c1-16(28-2)25(35)29-20-14-32(24(34)15-39(4,37)38)23-11-17(12-27)9-10-22(23)33(26(20)36)13-19-18-7-5-6-8-21(18)31(3)30-19;/h5-11,16,20,28H,13-15H2,1-4H3,(H,29,35);1H. The lowest BCUT2D eigenvalue weighted by molar-refractivity contribution is -0.128. The van der Waals surface area contributed by atoms with E-state index in [1.807, 2.05) is 30.3 Å². The predicted molar refractivity (Wildman–Crippen MR) is 153 cm³/mol. The monoisotopic (exact) mass is 587 g/mol. The Kier molecular flexibility index (Phi) is 9.19. The molecule has 2 atom stereocenters. The number of nitrogens with zero attached hydrogens (tertiary/aromatic N) is 5. The highest BCUT2D eigenvalue weighted by molar-refractivity contribution is 7.91. The first-order valence-electron chi connectivity index (χ1n) is 12.2. The number of likely N-dealkylation sites (N-methyl/N-ethyl adjacent to an activating group) is 1. The number of halogens is 1. The molecular formula is C26H30ClN7O5S. The van der Waals surface area contributed by atoms with Crippen LogP contribution < -0.4 is 20.4 Å². The minimum absolute atomic E-state index is 0. The maximum absolute atomic E-state index is 14.0. The second-order valence-electron chi connectivity index (χ2n) is 9.47. The van der Waals surface area contributed by atoms with E-state index in [0.29, 0.717) is 5.69 Å². The highest BCUT2D eigenvalue weighted by Gasteiger charge is 2.38. The molecule has 1 aromatic heterocycles. The summed E-state index contributed by atoms with van der Waals surface area (Å²) in [5.74, 6) is -2.58. The van der Waals surface area contributed by atoms with Crippen molar-refractivity contribution in [1.82, 2.24) is 20.4 Å². The molecule has 14 heteroatoms. The second-order valence-corrected chi connectivity index (χ2v) is 11.6. The minimum atomic E-state index is -3.72. The summed E-state index contributed by atoms with van der Waals surface area (Å²) >= 11 is 0. The van der Waals surface area contributed by atoms with Gasteiger partial charge in [-0.05, 0) is 38.2 Å². The molecule has 1 aliphatic heterocycles. The third kappa shape index (κ3) is 6.25. The van der Waals surface area contributed by atoms with Crippen LogP contribution in [0.15, 0.2) is 42.5 Å². The van der Waals surface area contributed by atoms with Crippen molar-refractivity contribution in [3.63, 3.8) is 0 Å². The predicted octanol–water partition coefficient (Wildman–Crippen LogP) is 0.884. The zero-order chi connectivity index (χ0) is 28.5. The SMILES string of the molecule is CNC(C)C(=O)NC1CN(C(=O)CS(C)(=O)=O)c2cc(C#N)ccc2N(Cc2nn(C)c3ccccc23)C1=O.Cl. The van der Waals surface area contributed by atoms with Gasteiger partial charge in [-0.15, -0.1) is 12.4 Å². The molecule has 2 N–H and O–H groups in total. The molecule has 0 radical (unpaired) electrons. The van der Waals surface area contributed by atoms with Gasteiger partial charge in [-0.2, -0.15) is 10.4 Å². The molecule has 12 nitrogen and oxygen atoms in total. The summed E-state index contributed by atoms with van der Waals surface area (Å²) < 4.78 is 25.7. The van der Waals surface area contributed by atoms with Gasteiger partial charge < -0.3 is 20.4 Å². The molecule has 0 saturated carbocycles. The van der Waals surface area contributed by atoms with Gasteiger partial charge in [-0.3, -0.25) is 19.1 Å². The van der Waals surface area contributed by atoms with Gasteiger partial charge in [-0.1, -0.05) is 18.2 Å². The molecule has 212 valence electrons. The van der Waals surface area contributed by atoms with Gasteiger partial charge >= 0.3 is 0 Å². The van der Waals surface area contributed by atoms with Crippen molar-refractivity contribution in [2.24, 2.45) is 7.05 Å². The van der Waals surface area contributed by atoms with E-state index in [9.17, 15) is 28.1 Å². The molecule has 3 amide bonds. The number of nitrogens with one attached hydrogen (secondary N) is 2. The zero-order valence-electron chi connectivity index (χ0n) is 22.4. The molecule has 2 aromatic carbocycles. The lowest BCUT2D eigenvalue weighted by Crippen LogP contribution is -2.56. The smallest absolute Gasteiger partial charge is 0.251 e. The Morgan fingerprint density at radius 3 is 2.55 bits per heavy atom. The maximum atomic E-state index is 14.0. The number of carbonyl (C=O) groups is 3. The number of sulfone groups is 1. The van der Waals surface area contributed by atoms with Crippen molar-refractivity contribution in [3.05, 3.63) is 53.7 Å². The van der Waals surface area contributed by atoms with Crippen LogP contribution >= 0.6 is 12.4 Å². The van der Waals surface area contributed by atoms with Crippen molar-refractivity contribution in [1.29, 1.82) is 5.26 Å². The van der Waals surface area contributed by atoms with Gasteiger partial charge in [0, 0.05) is 18.7 Å². The van der Waals surface area contributed by atoms with Crippen LogP contribution in [0.3, 0.4) is 0 Å². The Labute approximate surface area is 238 Å². The molecule has 4 rings (SSSR count). The molecule has 0 bridgehead atoms. The van der Waals surface area contributed by atoms with E-state index < -0.39 is 45.4 Å². The summed E-state index contributed by atoms with van der Waals surface area (Å²) in [5, 5.41) is 20.5. The summed E-state index contributed by atoms with van der Waals surface area (Å²) in [7, 11) is -0.338. The molecule has 0 aliphatic carbocycles. The molecule has 3 aromatic rings. The quantitative estimate of drug-likeness (QED) is 0.412. The number of anilines is 2. The molecule has 2 heterocycles. The number of para-hydroxylation sites is 1. The molecule has 2 unspecified atom stereocenters. The molecule has 40 heavy (non-hydrogen) atoms. The topological polar surface area (TPSA) is 158 Å². The van der Waals surface area contributed by atoms with Crippen molar-refractivity contribution < 1.29 is 22.8 Å². The Morgan fingerprint density at radius 2 is 1.90 bits per heavy atom. The van der Waals surface area contributed by atoms with E-state index >= 15 is 0 Å². The van der Waals surface area contributed by atoms with Crippen molar-refractivity contribution in [2.45, 2.75) is 25.6 Å². The van der Waals surface area contributed by atoms with E-state index in [-0.39, 0.29) is 42.4 Å². The molecule has 0 fully saturated rings. The third-order valence-corrected chi connectivity index (χ3v) is 7.36. The van der Waals surface area contributed by atoms with Gasteiger partial charge in [0.25, 0.3) is 5.91 Å².